The summed E-state index contributed by atoms with van der Waals surface area (Å²) >= 11 is -2.45. The summed E-state index contributed by atoms with van der Waals surface area (Å²) in [6, 6.07) is 3.25. The van der Waals surface area contributed by atoms with Gasteiger partial charge in [0.25, 0.3) is 0 Å². The molecule has 3 rings (SSSR count). The number of nitrogens with zero attached hydrogens (tertiary/aromatic N) is 2. The number of pyridine rings is 2. The first-order valence-corrected chi connectivity index (χ1v) is 8.38. The van der Waals surface area contributed by atoms with E-state index in [1.54, 1.807) is 6.20 Å². The van der Waals surface area contributed by atoms with Crippen LogP contribution in [0.3, 0.4) is 0 Å². The number of rotatable bonds is 5. The van der Waals surface area contributed by atoms with Crippen LogP contribution >= 0.6 is 0 Å². The zero-order valence-electron chi connectivity index (χ0n) is 13.1. The van der Waals surface area contributed by atoms with Crippen molar-refractivity contribution in [3.63, 3.8) is 0 Å². The number of nitrogens with one attached hydrogen (secondary N) is 1. The third-order valence-electron chi connectivity index (χ3n) is 3.59. The molecule has 1 aliphatic heterocycles. The molecule has 2 aromatic heterocycles. The molecule has 0 saturated carbocycles. The van der Waals surface area contributed by atoms with E-state index in [0.29, 0.717) is 18.0 Å². The summed E-state index contributed by atoms with van der Waals surface area (Å²) in [7, 11) is 1.37. The van der Waals surface area contributed by atoms with E-state index in [9.17, 15) is 8.76 Å². The molecule has 0 amide bonds. The molecule has 1 atom stereocenters. The SMILES string of the molecule is C=C(Nc1cnc(OC)c(S(=O)[O-])c1)c1ccnc2c1OCCC2. The molecule has 1 aliphatic rings. The van der Waals surface area contributed by atoms with Crippen molar-refractivity contribution in [2.24, 2.45) is 0 Å². The molecule has 0 saturated heterocycles. The van der Waals surface area contributed by atoms with Crippen molar-refractivity contribution in [3.8, 4) is 11.6 Å². The fraction of sp³-hybridized carbons (Fsp3) is 0.250. The average molecular weight is 346 g/mol. The topological polar surface area (TPSA) is 96.4 Å². The Kier molecular flexibility index (Phi) is 4.77. The highest BCUT2D eigenvalue weighted by molar-refractivity contribution is 7.79. The number of methoxy groups -OCH3 is 1. The lowest BCUT2D eigenvalue weighted by molar-refractivity contribution is 0.284. The minimum absolute atomic E-state index is 0.0247. The van der Waals surface area contributed by atoms with Crippen LogP contribution in [0.25, 0.3) is 5.70 Å². The second-order valence-corrected chi connectivity index (χ2v) is 6.07. The van der Waals surface area contributed by atoms with Gasteiger partial charge in [-0.15, -0.1) is 0 Å². The van der Waals surface area contributed by atoms with Gasteiger partial charge in [-0.3, -0.25) is 9.19 Å². The number of aryl methyl sites for hydroxylation is 1. The summed E-state index contributed by atoms with van der Waals surface area (Å²) < 4.78 is 33.2. The normalized spacial score (nSPS) is 14.2. The molecule has 126 valence electrons. The Morgan fingerprint density at radius 1 is 1.50 bits per heavy atom. The Bertz CT molecular complexity index is 810. The van der Waals surface area contributed by atoms with Crippen LogP contribution in [0.2, 0.25) is 0 Å². The highest BCUT2D eigenvalue weighted by atomic mass is 32.2. The third kappa shape index (κ3) is 3.24. The van der Waals surface area contributed by atoms with Crippen molar-refractivity contribution in [1.29, 1.82) is 0 Å². The lowest BCUT2D eigenvalue weighted by Gasteiger charge is -2.21. The molecule has 0 fully saturated rings. The maximum Gasteiger partial charge on any atom is 0.228 e. The maximum atomic E-state index is 11.3. The Morgan fingerprint density at radius 3 is 3.08 bits per heavy atom. The third-order valence-corrected chi connectivity index (χ3v) is 4.25. The van der Waals surface area contributed by atoms with Crippen molar-refractivity contribution < 1.29 is 18.2 Å². The first kappa shape index (κ1) is 16.4. The fourth-order valence-electron chi connectivity index (χ4n) is 2.50. The molecule has 7 nitrogen and oxygen atoms in total. The summed E-state index contributed by atoms with van der Waals surface area (Å²) in [5.74, 6) is 0.763. The highest BCUT2D eigenvalue weighted by Crippen LogP contribution is 2.32. The summed E-state index contributed by atoms with van der Waals surface area (Å²) in [5.41, 5.74) is 2.75. The maximum absolute atomic E-state index is 11.3. The van der Waals surface area contributed by atoms with Gasteiger partial charge in [-0.25, -0.2) is 4.98 Å². The molecule has 3 heterocycles. The van der Waals surface area contributed by atoms with Crippen LogP contribution in [0.1, 0.15) is 17.7 Å². The zero-order chi connectivity index (χ0) is 17.1. The lowest BCUT2D eigenvalue weighted by Crippen LogP contribution is -2.13. The summed E-state index contributed by atoms with van der Waals surface area (Å²) in [6.45, 7) is 4.65. The molecule has 1 unspecified atom stereocenters. The van der Waals surface area contributed by atoms with Crippen LogP contribution in [-0.2, 0) is 17.5 Å². The van der Waals surface area contributed by atoms with Crippen LogP contribution in [0.15, 0.2) is 36.0 Å². The van der Waals surface area contributed by atoms with E-state index in [0.717, 1.165) is 29.8 Å². The van der Waals surface area contributed by atoms with Gasteiger partial charge in [0.2, 0.25) is 5.88 Å². The second kappa shape index (κ2) is 6.98. The van der Waals surface area contributed by atoms with Gasteiger partial charge in [-0.1, -0.05) is 6.58 Å². The van der Waals surface area contributed by atoms with Gasteiger partial charge in [-0.2, -0.15) is 0 Å². The second-order valence-electron chi connectivity index (χ2n) is 5.16. The number of ether oxygens (including phenoxy) is 2. The Morgan fingerprint density at radius 2 is 2.33 bits per heavy atom. The smallest absolute Gasteiger partial charge is 0.228 e. The van der Waals surface area contributed by atoms with E-state index in [4.69, 9.17) is 9.47 Å². The summed E-state index contributed by atoms with van der Waals surface area (Å²) in [6.07, 6.45) is 4.99. The van der Waals surface area contributed by atoms with Gasteiger partial charge >= 0.3 is 0 Å². The van der Waals surface area contributed by atoms with Gasteiger partial charge in [0, 0.05) is 17.5 Å². The lowest BCUT2D eigenvalue weighted by atomic mass is 10.1. The van der Waals surface area contributed by atoms with Gasteiger partial charge in [-0.05, 0) is 36.1 Å². The fourth-order valence-corrected chi connectivity index (χ4v) is 3.00. The Labute approximate surface area is 142 Å². The van der Waals surface area contributed by atoms with Crippen molar-refractivity contribution in [3.05, 3.63) is 42.4 Å². The molecular formula is C16H16N3O4S-. The molecule has 2 aromatic rings. The molecule has 0 aromatic carbocycles. The quantitative estimate of drug-likeness (QED) is 0.828. The van der Waals surface area contributed by atoms with Crippen molar-refractivity contribution >= 4 is 22.5 Å². The van der Waals surface area contributed by atoms with E-state index in [1.807, 2.05) is 6.07 Å². The molecule has 0 radical (unpaired) electrons. The van der Waals surface area contributed by atoms with E-state index >= 15 is 0 Å². The predicted octanol–water partition coefficient (Wildman–Crippen LogP) is 2.13. The molecule has 0 aliphatic carbocycles. The van der Waals surface area contributed by atoms with E-state index in [1.165, 1.54) is 19.4 Å². The van der Waals surface area contributed by atoms with E-state index < -0.39 is 11.1 Å². The van der Waals surface area contributed by atoms with Crippen LogP contribution in [0.4, 0.5) is 5.69 Å². The van der Waals surface area contributed by atoms with E-state index in [-0.39, 0.29) is 10.8 Å². The summed E-state index contributed by atoms with van der Waals surface area (Å²) in [5, 5.41) is 3.06. The first-order valence-electron chi connectivity index (χ1n) is 7.30. The number of hydrogen-bond donors (Lipinski definition) is 1. The minimum atomic E-state index is -2.45. The zero-order valence-corrected chi connectivity index (χ0v) is 13.9. The molecule has 0 bridgehead atoms. The van der Waals surface area contributed by atoms with Gasteiger partial charge in [0.15, 0.2) is 0 Å². The number of aromatic nitrogens is 2. The number of fused-ring (bicyclic) bond motifs is 1. The molecule has 1 N–H and O–H groups in total. The van der Waals surface area contributed by atoms with Crippen molar-refractivity contribution in [2.45, 2.75) is 17.7 Å². The van der Waals surface area contributed by atoms with Gasteiger partial charge < -0.3 is 19.3 Å². The molecular weight excluding hydrogens is 330 g/mol. The number of anilines is 1. The standard InChI is InChI=1S/C16H17N3O4S/c1-10(12-5-6-17-13-4-3-7-23-15(12)13)19-11-8-14(24(20)21)16(22-2)18-9-11/h5-6,8-9,19H,1,3-4,7H2,2H3,(H,20,21)/p-1. The predicted molar refractivity (Wildman–Crippen MR) is 88.7 cm³/mol. The monoisotopic (exact) mass is 346 g/mol. The number of hydrogen-bond acceptors (Lipinski definition) is 7. The van der Waals surface area contributed by atoms with Gasteiger partial charge in [0.05, 0.1) is 36.2 Å². The van der Waals surface area contributed by atoms with Crippen LogP contribution < -0.4 is 14.8 Å². The first-order chi connectivity index (χ1) is 11.6. The molecule has 0 spiro atoms. The average Bonchev–Trinajstić information content (AvgIpc) is 2.61. The minimum Gasteiger partial charge on any atom is -0.768 e. The molecule has 24 heavy (non-hydrogen) atoms. The van der Waals surface area contributed by atoms with Crippen molar-refractivity contribution in [2.75, 3.05) is 19.0 Å². The highest BCUT2D eigenvalue weighted by Gasteiger charge is 2.17. The van der Waals surface area contributed by atoms with Crippen LogP contribution in [0.5, 0.6) is 11.6 Å². The Balaban J connectivity index is 1.88. The largest absolute Gasteiger partial charge is 0.768 e. The van der Waals surface area contributed by atoms with Crippen molar-refractivity contribution in [1.82, 2.24) is 9.97 Å². The van der Waals surface area contributed by atoms with E-state index in [2.05, 4.69) is 21.9 Å². The van der Waals surface area contributed by atoms with Crippen LogP contribution in [-0.4, -0.2) is 32.4 Å². The molecule has 8 heteroatoms. The van der Waals surface area contributed by atoms with Crippen LogP contribution in [0, 0.1) is 0 Å². The summed E-state index contributed by atoms with van der Waals surface area (Å²) in [4.78, 5) is 8.29. The Hall–Kier alpha value is -2.45. The van der Waals surface area contributed by atoms with Gasteiger partial charge in [0.1, 0.15) is 5.75 Å².